The molecule has 3 atom stereocenters. The third-order valence-electron chi connectivity index (χ3n) is 5.99. The van der Waals surface area contributed by atoms with Crippen LogP contribution in [0.2, 0.25) is 0 Å². The van der Waals surface area contributed by atoms with Crippen LogP contribution in [0.3, 0.4) is 0 Å². The van der Waals surface area contributed by atoms with E-state index in [9.17, 15) is 19.2 Å². The number of carbonyl (C=O) groups is 4. The number of thioether (sulfide) groups is 1. The average molecular weight is 468 g/mol. The lowest BCUT2D eigenvalue weighted by molar-refractivity contribution is -0.180. The summed E-state index contributed by atoms with van der Waals surface area (Å²) in [7, 11) is 0. The standard InChI is InChI=1S/C24H25N3O5S/c1-23(2)24(25-15-28,22(31)32-14-17-11-7-4-8-12-17)27-20(30)19(21(27)33-23)26-18(29)13-16-9-5-3-6-10-16/h3-12,15,19,21H,13-14H2,1-2H3,(H,25,28)(H,26,29)/t19-,21+,24-/m0/s1. The maximum Gasteiger partial charge on any atom is 0.355 e. The molecule has 0 bridgehead atoms. The van der Waals surface area contributed by atoms with Gasteiger partial charge in [0.25, 0.3) is 5.91 Å². The summed E-state index contributed by atoms with van der Waals surface area (Å²) < 4.78 is 4.64. The van der Waals surface area contributed by atoms with E-state index >= 15 is 0 Å². The molecule has 0 spiro atoms. The number of nitrogens with one attached hydrogen (secondary N) is 2. The van der Waals surface area contributed by atoms with Gasteiger partial charge in [-0.2, -0.15) is 0 Å². The van der Waals surface area contributed by atoms with Crippen LogP contribution in [0.5, 0.6) is 0 Å². The fraction of sp³-hybridized carbons (Fsp3) is 0.333. The van der Waals surface area contributed by atoms with Crippen molar-refractivity contribution in [2.24, 2.45) is 0 Å². The minimum atomic E-state index is -1.68. The molecule has 9 heteroatoms. The zero-order chi connectivity index (χ0) is 23.6. The molecule has 0 aliphatic carbocycles. The zero-order valence-corrected chi connectivity index (χ0v) is 19.1. The summed E-state index contributed by atoms with van der Waals surface area (Å²) in [4.78, 5) is 51.8. The Balaban J connectivity index is 1.51. The van der Waals surface area contributed by atoms with E-state index in [0.717, 1.165) is 11.1 Å². The molecular weight excluding hydrogens is 442 g/mol. The summed E-state index contributed by atoms with van der Waals surface area (Å²) in [5, 5.41) is 4.85. The molecule has 2 aliphatic heterocycles. The second kappa shape index (κ2) is 8.90. The molecule has 3 amide bonds. The molecular formula is C24H25N3O5S. The minimum absolute atomic E-state index is 0.00659. The second-order valence-corrected chi connectivity index (χ2v) is 10.2. The van der Waals surface area contributed by atoms with Crippen molar-refractivity contribution in [2.45, 2.75) is 48.7 Å². The smallest absolute Gasteiger partial charge is 0.355 e. The van der Waals surface area contributed by atoms with Gasteiger partial charge in [-0.25, -0.2) is 4.79 Å². The Labute approximate surface area is 196 Å². The van der Waals surface area contributed by atoms with Gasteiger partial charge in [0.2, 0.25) is 18.0 Å². The van der Waals surface area contributed by atoms with Crippen molar-refractivity contribution < 1.29 is 23.9 Å². The van der Waals surface area contributed by atoms with Gasteiger partial charge in [-0.15, -0.1) is 11.8 Å². The van der Waals surface area contributed by atoms with Crippen LogP contribution in [0, 0.1) is 0 Å². The lowest BCUT2D eigenvalue weighted by atomic mass is 9.88. The third-order valence-corrected chi connectivity index (χ3v) is 7.60. The largest absolute Gasteiger partial charge is 0.458 e. The van der Waals surface area contributed by atoms with Crippen LogP contribution in [-0.4, -0.2) is 50.9 Å². The Bertz CT molecular complexity index is 1060. The van der Waals surface area contributed by atoms with Crippen LogP contribution in [-0.2, 0) is 36.9 Å². The lowest BCUT2D eigenvalue weighted by Gasteiger charge is -2.49. The number of esters is 1. The molecule has 2 N–H and O–H groups in total. The van der Waals surface area contributed by atoms with E-state index in [4.69, 9.17) is 4.74 Å². The molecule has 172 valence electrons. The Hall–Kier alpha value is -3.33. The highest BCUT2D eigenvalue weighted by Gasteiger charge is 2.73. The van der Waals surface area contributed by atoms with Crippen molar-refractivity contribution in [2.75, 3.05) is 0 Å². The average Bonchev–Trinajstić information content (AvgIpc) is 3.02. The number of ether oxygens (including phenoxy) is 1. The minimum Gasteiger partial charge on any atom is -0.458 e. The summed E-state index contributed by atoms with van der Waals surface area (Å²) >= 11 is 1.34. The topological polar surface area (TPSA) is 105 Å². The van der Waals surface area contributed by atoms with Crippen molar-refractivity contribution in [3.63, 3.8) is 0 Å². The number of β-lactam (4-membered cyclic amide) rings is 1. The molecule has 8 nitrogen and oxygen atoms in total. The summed E-state index contributed by atoms with van der Waals surface area (Å²) in [6, 6.07) is 17.6. The first-order chi connectivity index (χ1) is 15.8. The molecule has 2 fully saturated rings. The van der Waals surface area contributed by atoms with Gasteiger partial charge in [-0.1, -0.05) is 60.7 Å². The van der Waals surface area contributed by atoms with E-state index in [-0.39, 0.29) is 18.9 Å². The zero-order valence-electron chi connectivity index (χ0n) is 18.3. The van der Waals surface area contributed by atoms with Gasteiger partial charge in [0.1, 0.15) is 18.0 Å². The number of amides is 3. The Morgan fingerprint density at radius 1 is 1.06 bits per heavy atom. The first kappa shape index (κ1) is 22.8. The molecule has 2 aliphatic rings. The molecule has 2 aromatic rings. The van der Waals surface area contributed by atoms with Gasteiger partial charge in [-0.05, 0) is 25.0 Å². The van der Waals surface area contributed by atoms with E-state index < -0.39 is 33.7 Å². The monoisotopic (exact) mass is 467 g/mol. The molecule has 2 saturated heterocycles. The molecule has 0 aromatic heterocycles. The Kier molecular flexibility index (Phi) is 6.16. The van der Waals surface area contributed by atoms with Crippen LogP contribution in [0.15, 0.2) is 60.7 Å². The van der Waals surface area contributed by atoms with E-state index in [0.29, 0.717) is 6.41 Å². The van der Waals surface area contributed by atoms with E-state index in [2.05, 4.69) is 10.6 Å². The molecule has 2 heterocycles. The maximum atomic E-state index is 13.3. The highest BCUT2D eigenvalue weighted by atomic mass is 32.2. The second-order valence-electron chi connectivity index (χ2n) is 8.47. The van der Waals surface area contributed by atoms with Crippen molar-refractivity contribution in [1.82, 2.24) is 15.5 Å². The molecule has 33 heavy (non-hydrogen) atoms. The van der Waals surface area contributed by atoms with Gasteiger partial charge < -0.3 is 15.4 Å². The van der Waals surface area contributed by atoms with E-state index in [1.807, 2.05) is 60.7 Å². The van der Waals surface area contributed by atoms with Crippen LogP contribution in [0.1, 0.15) is 25.0 Å². The maximum absolute atomic E-state index is 13.3. The summed E-state index contributed by atoms with van der Waals surface area (Å²) in [6.45, 7) is 3.55. The van der Waals surface area contributed by atoms with E-state index in [1.165, 1.54) is 16.7 Å². The number of rotatable bonds is 8. The van der Waals surface area contributed by atoms with Crippen LogP contribution >= 0.6 is 11.8 Å². The van der Waals surface area contributed by atoms with Crippen molar-refractivity contribution in [1.29, 1.82) is 0 Å². The Morgan fingerprint density at radius 2 is 1.67 bits per heavy atom. The molecule has 0 radical (unpaired) electrons. The fourth-order valence-corrected chi connectivity index (χ4v) is 6.02. The lowest BCUT2D eigenvalue weighted by Crippen LogP contribution is -2.79. The molecule has 2 aromatic carbocycles. The van der Waals surface area contributed by atoms with Gasteiger partial charge in [0.05, 0.1) is 11.2 Å². The SMILES string of the molecule is CC1(C)S[C@@H]2[C@@H](NC(=O)Cc3ccccc3)C(=O)N2[C@@]1(NC=O)C(=O)OCc1ccccc1. The number of carbonyl (C=O) groups excluding carboxylic acids is 4. The number of fused-ring (bicyclic) bond motifs is 1. The predicted octanol–water partition coefficient (Wildman–Crippen LogP) is 1.59. The normalized spacial score (nSPS) is 24.9. The third kappa shape index (κ3) is 3.97. The van der Waals surface area contributed by atoms with Crippen molar-refractivity contribution in [3.05, 3.63) is 71.8 Å². The Morgan fingerprint density at radius 3 is 2.27 bits per heavy atom. The van der Waals surface area contributed by atoms with Crippen molar-refractivity contribution in [3.8, 4) is 0 Å². The quantitative estimate of drug-likeness (QED) is 0.347. The summed E-state index contributed by atoms with van der Waals surface area (Å²) in [6.07, 6.45) is 0.547. The predicted molar refractivity (Wildman–Crippen MR) is 123 cm³/mol. The number of hydrogen-bond donors (Lipinski definition) is 2. The molecule has 0 unspecified atom stereocenters. The number of nitrogens with zero attached hydrogens (tertiary/aromatic N) is 1. The summed E-state index contributed by atoms with van der Waals surface area (Å²) in [5.41, 5.74) is -0.0658. The molecule has 4 rings (SSSR count). The first-order valence-electron chi connectivity index (χ1n) is 10.6. The van der Waals surface area contributed by atoms with Crippen molar-refractivity contribution >= 4 is 36.0 Å². The summed E-state index contributed by atoms with van der Waals surface area (Å²) in [5.74, 6) is -1.45. The highest BCUT2D eigenvalue weighted by Crippen LogP contribution is 2.55. The number of benzene rings is 2. The van der Waals surface area contributed by atoms with Crippen LogP contribution < -0.4 is 10.6 Å². The van der Waals surface area contributed by atoms with Gasteiger partial charge in [0, 0.05) is 0 Å². The van der Waals surface area contributed by atoms with Crippen LogP contribution in [0.4, 0.5) is 0 Å². The number of hydrogen-bond acceptors (Lipinski definition) is 6. The van der Waals surface area contributed by atoms with Gasteiger partial charge >= 0.3 is 5.97 Å². The highest BCUT2D eigenvalue weighted by molar-refractivity contribution is 8.01. The molecule has 0 saturated carbocycles. The first-order valence-corrected chi connectivity index (χ1v) is 11.4. The van der Waals surface area contributed by atoms with E-state index in [1.54, 1.807) is 13.8 Å². The van der Waals surface area contributed by atoms with Crippen LogP contribution in [0.25, 0.3) is 0 Å². The van der Waals surface area contributed by atoms with Gasteiger partial charge in [-0.3, -0.25) is 19.3 Å². The fourth-order valence-electron chi connectivity index (χ4n) is 4.32. The van der Waals surface area contributed by atoms with Gasteiger partial charge in [0.15, 0.2) is 0 Å².